The van der Waals surface area contributed by atoms with Gasteiger partial charge in [0.25, 0.3) is 5.91 Å². The number of nitriles is 1. The molecule has 5 heteroatoms. The zero-order valence-corrected chi connectivity index (χ0v) is 11.4. The van der Waals surface area contributed by atoms with Crippen LogP contribution in [0.5, 0.6) is 0 Å². The number of nitrogens with zero attached hydrogens (tertiary/aromatic N) is 2. The number of nitrogens with one attached hydrogen (secondary N) is 1. The molecule has 0 aliphatic heterocycles. The van der Waals surface area contributed by atoms with Gasteiger partial charge < -0.3 is 10.4 Å². The van der Waals surface area contributed by atoms with Crippen molar-refractivity contribution in [2.75, 3.05) is 11.9 Å². The highest BCUT2D eigenvalue weighted by Crippen LogP contribution is 2.13. The highest BCUT2D eigenvalue weighted by atomic mass is 16.2. The molecule has 106 valence electrons. The lowest BCUT2D eigenvalue weighted by molar-refractivity contribution is 0.102. The number of aromatic nitrogens is 1. The second kappa shape index (κ2) is 7.17. The molecule has 0 saturated heterocycles. The Morgan fingerprint density at radius 2 is 2.19 bits per heavy atom. The molecule has 1 aromatic heterocycles. The Bertz CT molecular complexity index is 660. The van der Waals surface area contributed by atoms with Crippen LogP contribution in [0.15, 0.2) is 42.6 Å². The van der Waals surface area contributed by atoms with Crippen molar-refractivity contribution >= 4 is 11.6 Å². The molecule has 0 fully saturated rings. The Balaban J connectivity index is 2.06. The van der Waals surface area contributed by atoms with Gasteiger partial charge in [0, 0.05) is 18.5 Å². The van der Waals surface area contributed by atoms with Gasteiger partial charge in [-0.1, -0.05) is 12.1 Å². The molecule has 21 heavy (non-hydrogen) atoms. The molecule has 2 aromatic rings. The first-order valence-electron chi connectivity index (χ1n) is 6.60. The number of aliphatic hydroxyl groups excluding tert-OH is 1. The van der Waals surface area contributed by atoms with Gasteiger partial charge in [-0.3, -0.25) is 4.79 Å². The fraction of sp³-hybridized carbons (Fsp3) is 0.188. The number of anilines is 1. The molecule has 0 aliphatic carbocycles. The molecular weight excluding hydrogens is 266 g/mol. The summed E-state index contributed by atoms with van der Waals surface area (Å²) in [4.78, 5) is 16.0. The van der Waals surface area contributed by atoms with Gasteiger partial charge in [0.05, 0.1) is 5.56 Å². The molecule has 1 heterocycles. The van der Waals surface area contributed by atoms with Gasteiger partial charge in [-0.05, 0) is 42.7 Å². The summed E-state index contributed by atoms with van der Waals surface area (Å²) in [5.41, 5.74) is 2.41. The van der Waals surface area contributed by atoms with E-state index in [9.17, 15) is 4.79 Å². The number of aliphatic hydroxyl groups is 1. The number of carbonyl (C=O) groups excluding carboxylic acids is 1. The topological polar surface area (TPSA) is 86.0 Å². The van der Waals surface area contributed by atoms with E-state index in [4.69, 9.17) is 10.4 Å². The molecule has 0 radical (unpaired) electrons. The van der Waals surface area contributed by atoms with Gasteiger partial charge in [0.15, 0.2) is 0 Å². The first-order chi connectivity index (χ1) is 10.2. The Labute approximate surface area is 122 Å². The molecule has 5 nitrogen and oxygen atoms in total. The van der Waals surface area contributed by atoms with Gasteiger partial charge in [-0.25, -0.2) is 4.98 Å². The van der Waals surface area contributed by atoms with Crippen molar-refractivity contribution < 1.29 is 9.90 Å². The molecular formula is C16H15N3O2. The third-order valence-corrected chi connectivity index (χ3v) is 2.93. The summed E-state index contributed by atoms with van der Waals surface area (Å²) in [6.07, 6.45) is 2.82. The molecule has 0 bridgehead atoms. The minimum Gasteiger partial charge on any atom is -0.396 e. The van der Waals surface area contributed by atoms with Crippen LogP contribution in [0.25, 0.3) is 0 Å². The van der Waals surface area contributed by atoms with Crippen LogP contribution in [0.1, 0.15) is 28.0 Å². The number of amides is 1. The van der Waals surface area contributed by atoms with Crippen LogP contribution in [0.3, 0.4) is 0 Å². The predicted octanol–water partition coefficient (Wildman–Crippen LogP) is 2.13. The zero-order valence-electron chi connectivity index (χ0n) is 11.4. The molecule has 0 saturated carbocycles. The van der Waals surface area contributed by atoms with Crippen LogP contribution >= 0.6 is 0 Å². The van der Waals surface area contributed by atoms with Crippen LogP contribution in [-0.4, -0.2) is 22.6 Å². The second-order valence-corrected chi connectivity index (χ2v) is 4.53. The molecule has 1 amide bonds. The van der Waals surface area contributed by atoms with Gasteiger partial charge in [0.2, 0.25) is 0 Å². The molecule has 2 rings (SSSR count). The quantitative estimate of drug-likeness (QED) is 0.879. The number of rotatable bonds is 5. The molecule has 0 aliphatic rings. The van der Waals surface area contributed by atoms with E-state index in [-0.39, 0.29) is 18.2 Å². The summed E-state index contributed by atoms with van der Waals surface area (Å²) in [6, 6.07) is 12.5. The van der Waals surface area contributed by atoms with Crippen LogP contribution in [0, 0.1) is 11.3 Å². The fourth-order valence-electron chi connectivity index (χ4n) is 1.88. The summed E-state index contributed by atoms with van der Waals surface area (Å²) in [6.45, 7) is 0.145. The third kappa shape index (κ3) is 4.13. The summed E-state index contributed by atoms with van der Waals surface area (Å²) in [5.74, 6) is -0.321. The summed E-state index contributed by atoms with van der Waals surface area (Å²) >= 11 is 0. The maximum atomic E-state index is 12.0. The molecule has 0 unspecified atom stereocenters. The standard InChI is InChI=1S/C16H15N3O2/c17-10-13-6-7-15(18-11-13)16(21)19-14-5-1-3-12(9-14)4-2-8-20/h1,3,5-7,9,11,20H,2,4,8H2,(H,19,21). The maximum absolute atomic E-state index is 12.0. The van der Waals surface area contributed by atoms with Crippen molar-refractivity contribution in [3.63, 3.8) is 0 Å². The second-order valence-electron chi connectivity index (χ2n) is 4.53. The average Bonchev–Trinajstić information content (AvgIpc) is 2.53. The minimum atomic E-state index is -0.321. The SMILES string of the molecule is N#Cc1ccc(C(=O)Nc2cccc(CCCO)c2)nc1. The predicted molar refractivity (Wildman–Crippen MR) is 78.8 cm³/mol. The highest BCUT2D eigenvalue weighted by Gasteiger charge is 2.08. The van der Waals surface area contributed by atoms with E-state index >= 15 is 0 Å². The number of hydrogen-bond donors (Lipinski definition) is 2. The van der Waals surface area contributed by atoms with Crippen molar-refractivity contribution in [2.45, 2.75) is 12.8 Å². The average molecular weight is 281 g/mol. The van der Waals surface area contributed by atoms with Crippen LogP contribution in [-0.2, 0) is 6.42 Å². The zero-order chi connectivity index (χ0) is 15.1. The fourth-order valence-corrected chi connectivity index (χ4v) is 1.88. The normalized spacial score (nSPS) is 9.90. The Morgan fingerprint density at radius 3 is 2.86 bits per heavy atom. The van der Waals surface area contributed by atoms with E-state index in [1.165, 1.54) is 12.3 Å². The Morgan fingerprint density at radius 1 is 1.33 bits per heavy atom. The maximum Gasteiger partial charge on any atom is 0.274 e. The highest BCUT2D eigenvalue weighted by molar-refractivity contribution is 6.02. The lowest BCUT2D eigenvalue weighted by atomic mass is 10.1. The molecule has 1 aromatic carbocycles. The molecule has 2 N–H and O–H groups in total. The van der Waals surface area contributed by atoms with Crippen molar-refractivity contribution in [2.24, 2.45) is 0 Å². The van der Waals surface area contributed by atoms with Crippen molar-refractivity contribution in [1.82, 2.24) is 4.98 Å². The number of carbonyl (C=O) groups is 1. The lowest BCUT2D eigenvalue weighted by Gasteiger charge is -2.07. The number of hydrogen-bond acceptors (Lipinski definition) is 4. The van der Waals surface area contributed by atoms with E-state index in [1.54, 1.807) is 12.1 Å². The minimum absolute atomic E-state index is 0.145. The molecule has 0 spiro atoms. The van der Waals surface area contributed by atoms with Crippen LogP contribution < -0.4 is 5.32 Å². The molecule has 0 atom stereocenters. The smallest absolute Gasteiger partial charge is 0.274 e. The summed E-state index contributed by atoms with van der Waals surface area (Å²) in [7, 11) is 0. The van der Waals surface area contributed by atoms with Crippen LogP contribution in [0.2, 0.25) is 0 Å². The van der Waals surface area contributed by atoms with Gasteiger partial charge in [-0.2, -0.15) is 5.26 Å². The lowest BCUT2D eigenvalue weighted by Crippen LogP contribution is -2.13. The first kappa shape index (κ1) is 14.7. The van der Waals surface area contributed by atoms with Gasteiger partial charge in [0.1, 0.15) is 11.8 Å². The Kier molecular flexibility index (Phi) is 5.02. The first-order valence-corrected chi connectivity index (χ1v) is 6.60. The third-order valence-electron chi connectivity index (χ3n) is 2.93. The van der Waals surface area contributed by atoms with Crippen molar-refractivity contribution in [3.8, 4) is 6.07 Å². The van der Waals surface area contributed by atoms with Crippen molar-refractivity contribution in [1.29, 1.82) is 5.26 Å². The largest absolute Gasteiger partial charge is 0.396 e. The van der Waals surface area contributed by atoms with E-state index in [1.807, 2.05) is 24.3 Å². The number of aryl methyl sites for hydroxylation is 1. The van der Waals surface area contributed by atoms with E-state index in [0.29, 0.717) is 17.7 Å². The monoisotopic (exact) mass is 281 g/mol. The van der Waals surface area contributed by atoms with E-state index in [2.05, 4.69) is 10.3 Å². The van der Waals surface area contributed by atoms with E-state index in [0.717, 1.165) is 12.0 Å². The number of pyridine rings is 1. The summed E-state index contributed by atoms with van der Waals surface area (Å²) < 4.78 is 0. The summed E-state index contributed by atoms with van der Waals surface area (Å²) in [5, 5.41) is 20.3. The van der Waals surface area contributed by atoms with Gasteiger partial charge in [-0.15, -0.1) is 0 Å². The van der Waals surface area contributed by atoms with Crippen molar-refractivity contribution in [3.05, 3.63) is 59.4 Å². The van der Waals surface area contributed by atoms with E-state index < -0.39 is 0 Å². The van der Waals surface area contributed by atoms with Gasteiger partial charge >= 0.3 is 0 Å². The van der Waals surface area contributed by atoms with Crippen LogP contribution in [0.4, 0.5) is 5.69 Å². The number of benzene rings is 1. The Hall–Kier alpha value is -2.71.